The first kappa shape index (κ1) is 12.2. The molecule has 1 amide bonds. The van der Waals surface area contributed by atoms with Gasteiger partial charge in [-0.3, -0.25) is 14.8 Å². The zero-order valence-electron chi connectivity index (χ0n) is 10.4. The average molecular weight is 279 g/mol. The van der Waals surface area contributed by atoms with Gasteiger partial charge in [-0.1, -0.05) is 11.3 Å². The van der Waals surface area contributed by atoms with Gasteiger partial charge in [-0.25, -0.2) is 0 Å². The Morgan fingerprint density at radius 3 is 3.16 bits per heavy atom. The lowest BCUT2D eigenvalue weighted by molar-refractivity contribution is 0.102. The number of amides is 1. The van der Waals surface area contributed by atoms with Crippen LogP contribution in [0.15, 0.2) is 12.4 Å². The second kappa shape index (κ2) is 5.06. The molecule has 1 fully saturated rings. The molecule has 100 valence electrons. The van der Waals surface area contributed by atoms with Crippen LogP contribution >= 0.6 is 11.3 Å². The molecule has 3 rings (SSSR count). The van der Waals surface area contributed by atoms with Crippen LogP contribution in [0.1, 0.15) is 34.3 Å². The van der Waals surface area contributed by atoms with Gasteiger partial charge in [0.2, 0.25) is 5.13 Å². The Morgan fingerprint density at radius 2 is 2.47 bits per heavy atom. The van der Waals surface area contributed by atoms with E-state index < -0.39 is 0 Å². The fourth-order valence-electron chi connectivity index (χ4n) is 1.90. The molecule has 0 saturated carbocycles. The van der Waals surface area contributed by atoms with Crippen LogP contribution < -0.4 is 5.32 Å². The second-order valence-electron chi connectivity index (χ2n) is 4.30. The molecule has 2 aromatic rings. The van der Waals surface area contributed by atoms with Gasteiger partial charge in [0.25, 0.3) is 5.91 Å². The quantitative estimate of drug-likeness (QED) is 0.917. The standard InChI is InChI=1S/C11H13N5O2S/c1-16-6-7(5-12-16)9(17)13-11-15-14-10(19-11)8-3-2-4-18-8/h5-6,8H,2-4H2,1H3,(H,13,15,17). The Hall–Kier alpha value is -1.80. The fourth-order valence-corrected chi connectivity index (χ4v) is 2.72. The zero-order chi connectivity index (χ0) is 13.2. The number of nitrogens with one attached hydrogen (secondary N) is 1. The van der Waals surface area contributed by atoms with E-state index in [-0.39, 0.29) is 12.0 Å². The van der Waals surface area contributed by atoms with Gasteiger partial charge in [-0.2, -0.15) is 5.10 Å². The molecule has 7 nitrogen and oxygen atoms in total. The minimum Gasteiger partial charge on any atom is -0.371 e. The summed E-state index contributed by atoms with van der Waals surface area (Å²) < 4.78 is 7.10. The van der Waals surface area contributed by atoms with Gasteiger partial charge in [0.15, 0.2) is 0 Å². The molecule has 1 unspecified atom stereocenters. The number of anilines is 1. The summed E-state index contributed by atoms with van der Waals surface area (Å²) in [6.07, 6.45) is 5.20. The molecule has 3 heterocycles. The van der Waals surface area contributed by atoms with Crippen LogP contribution in [-0.4, -0.2) is 32.5 Å². The Morgan fingerprint density at radius 1 is 1.58 bits per heavy atom. The van der Waals surface area contributed by atoms with Crippen molar-refractivity contribution in [3.8, 4) is 0 Å². The molecule has 0 radical (unpaired) electrons. The molecule has 1 aliphatic rings. The largest absolute Gasteiger partial charge is 0.371 e. The predicted molar refractivity (Wildman–Crippen MR) is 69.0 cm³/mol. The Balaban J connectivity index is 1.68. The lowest BCUT2D eigenvalue weighted by Crippen LogP contribution is -2.10. The monoisotopic (exact) mass is 279 g/mol. The molecule has 1 N–H and O–H groups in total. The highest BCUT2D eigenvalue weighted by molar-refractivity contribution is 7.15. The van der Waals surface area contributed by atoms with E-state index in [0.29, 0.717) is 10.7 Å². The van der Waals surface area contributed by atoms with Crippen LogP contribution in [0.4, 0.5) is 5.13 Å². The molecular formula is C11H13N5O2S. The molecule has 19 heavy (non-hydrogen) atoms. The van der Waals surface area contributed by atoms with Crippen molar-refractivity contribution >= 4 is 22.4 Å². The van der Waals surface area contributed by atoms with Crippen LogP contribution in [0.3, 0.4) is 0 Å². The molecule has 0 spiro atoms. The highest BCUT2D eigenvalue weighted by Crippen LogP contribution is 2.31. The van der Waals surface area contributed by atoms with Gasteiger partial charge in [-0.15, -0.1) is 10.2 Å². The average Bonchev–Trinajstić information content (AvgIpc) is 3.07. The summed E-state index contributed by atoms with van der Waals surface area (Å²) >= 11 is 1.35. The summed E-state index contributed by atoms with van der Waals surface area (Å²) in [5.41, 5.74) is 0.497. The van der Waals surface area contributed by atoms with Gasteiger partial charge in [0, 0.05) is 19.9 Å². The van der Waals surface area contributed by atoms with Crippen LogP contribution in [0.5, 0.6) is 0 Å². The van der Waals surface area contributed by atoms with Crippen LogP contribution in [0.25, 0.3) is 0 Å². The third kappa shape index (κ3) is 2.64. The Labute approximate surface area is 113 Å². The predicted octanol–water partition coefficient (Wildman–Crippen LogP) is 1.38. The first-order valence-electron chi connectivity index (χ1n) is 5.97. The van der Waals surface area contributed by atoms with Crippen molar-refractivity contribution in [2.24, 2.45) is 7.05 Å². The van der Waals surface area contributed by atoms with Gasteiger partial charge < -0.3 is 4.74 Å². The van der Waals surface area contributed by atoms with Gasteiger partial charge in [-0.05, 0) is 12.8 Å². The number of hydrogen-bond donors (Lipinski definition) is 1. The van der Waals surface area contributed by atoms with Crippen molar-refractivity contribution in [3.05, 3.63) is 23.0 Å². The molecule has 8 heteroatoms. The van der Waals surface area contributed by atoms with Gasteiger partial charge >= 0.3 is 0 Å². The Bertz CT molecular complexity index is 587. The number of rotatable bonds is 3. The van der Waals surface area contributed by atoms with Crippen LogP contribution in [0.2, 0.25) is 0 Å². The first-order chi connectivity index (χ1) is 9.22. The van der Waals surface area contributed by atoms with Crippen LogP contribution in [0, 0.1) is 0 Å². The summed E-state index contributed by atoms with van der Waals surface area (Å²) in [6.45, 7) is 0.765. The maximum absolute atomic E-state index is 11.9. The molecule has 2 aromatic heterocycles. The number of aryl methyl sites for hydroxylation is 1. The Kier molecular flexibility index (Phi) is 3.26. The van der Waals surface area contributed by atoms with Crippen molar-refractivity contribution in [1.82, 2.24) is 20.0 Å². The first-order valence-corrected chi connectivity index (χ1v) is 6.79. The van der Waals surface area contributed by atoms with Gasteiger partial charge in [0.1, 0.15) is 11.1 Å². The topological polar surface area (TPSA) is 81.9 Å². The third-order valence-electron chi connectivity index (χ3n) is 2.83. The highest BCUT2D eigenvalue weighted by Gasteiger charge is 2.22. The lowest BCUT2D eigenvalue weighted by Gasteiger charge is -2.02. The molecule has 1 atom stereocenters. The maximum Gasteiger partial charge on any atom is 0.260 e. The normalized spacial score (nSPS) is 18.7. The number of nitrogens with zero attached hydrogens (tertiary/aromatic N) is 4. The van der Waals surface area contributed by atoms with Crippen molar-refractivity contribution in [2.75, 3.05) is 11.9 Å². The van der Waals surface area contributed by atoms with E-state index in [1.807, 2.05) is 0 Å². The number of ether oxygens (including phenoxy) is 1. The van der Waals surface area contributed by atoms with Crippen molar-refractivity contribution in [2.45, 2.75) is 18.9 Å². The summed E-state index contributed by atoms with van der Waals surface area (Å²) in [7, 11) is 1.76. The molecule has 0 aliphatic carbocycles. The minimum atomic E-state index is -0.233. The van der Waals surface area contributed by atoms with E-state index in [4.69, 9.17) is 4.74 Å². The van der Waals surface area contributed by atoms with Crippen molar-refractivity contribution in [3.63, 3.8) is 0 Å². The van der Waals surface area contributed by atoms with E-state index >= 15 is 0 Å². The molecular weight excluding hydrogens is 266 g/mol. The second-order valence-corrected chi connectivity index (χ2v) is 5.31. The number of aromatic nitrogens is 4. The maximum atomic E-state index is 11.9. The van der Waals surface area contributed by atoms with E-state index in [1.54, 1.807) is 17.9 Å². The molecule has 1 saturated heterocycles. The molecule has 0 bridgehead atoms. The smallest absolute Gasteiger partial charge is 0.260 e. The van der Waals surface area contributed by atoms with E-state index in [9.17, 15) is 4.79 Å². The van der Waals surface area contributed by atoms with E-state index in [2.05, 4.69) is 20.6 Å². The SMILES string of the molecule is Cn1cc(C(=O)Nc2nnc(C3CCCO3)s2)cn1. The molecule has 1 aliphatic heterocycles. The van der Waals surface area contributed by atoms with Crippen molar-refractivity contribution in [1.29, 1.82) is 0 Å². The highest BCUT2D eigenvalue weighted by atomic mass is 32.1. The number of hydrogen-bond acceptors (Lipinski definition) is 6. The van der Waals surface area contributed by atoms with Gasteiger partial charge in [0.05, 0.1) is 11.8 Å². The van der Waals surface area contributed by atoms with E-state index in [1.165, 1.54) is 17.5 Å². The zero-order valence-corrected chi connectivity index (χ0v) is 11.2. The molecule has 0 aromatic carbocycles. The summed E-state index contributed by atoms with van der Waals surface area (Å²) in [6, 6.07) is 0. The fraction of sp³-hybridized carbons (Fsp3) is 0.455. The van der Waals surface area contributed by atoms with Crippen molar-refractivity contribution < 1.29 is 9.53 Å². The summed E-state index contributed by atoms with van der Waals surface area (Å²) in [4.78, 5) is 11.9. The minimum absolute atomic E-state index is 0.0292. The number of carbonyl (C=O) groups is 1. The van der Waals surface area contributed by atoms with Crippen LogP contribution in [-0.2, 0) is 11.8 Å². The lowest BCUT2D eigenvalue weighted by atomic mass is 10.2. The number of carbonyl (C=O) groups excluding carboxylic acids is 1. The van der Waals surface area contributed by atoms with E-state index in [0.717, 1.165) is 24.5 Å². The summed E-state index contributed by atoms with van der Waals surface area (Å²) in [5.74, 6) is -0.233. The summed E-state index contributed by atoms with van der Waals surface area (Å²) in [5, 5.41) is 16.0. The third-order valence-corrected chi connectivity index (χ3v) is 3.76.